The Bertz CT molecular complexity index is 797. The number of rotatable bonds is 1. The van der Waals surface area contributed by atoms with Crippen LogP contribution in [-0.2, 0) is 15.9 Å². The first-order valence-corrected chi connectivity index (χ1v) is 8.58. The van der Waals surface area contributed by atoms with Crippen LogP contribution in [-0.4, -0.2) is 31.3 Å². The second kappa shape index (κ2) is 9.20. The average molecular weight is 375 g/mol. The molecule has 1 unspecified atom stereocenters. The largest absolute Gasteiger partial charge is 0.492 e. The van der Waals surface area contributed by atoms with E-state index in [9.17, 15) is 14.4 Å². The molecule has 144 valence electrons. The molecule has 2 aliphatic rings. The van der Waals surface area contributed by atoms with E-state index in [1.165, 1.54) is 19.2 Å². The van der Waals surface area contributed by atoms with Gasteiger partial charge in [-0.3, -0.25) is 0 Å². The summed E-state index contributed by atoms with van der Waals surface area (Å²) in [6.07, 6.45) is 0.888. The molecule has 0 radical (unpaired) electrons. The van der Waals surface area contributed by atoms with Gasteiger partial charge in [-0.15, -0.1) is 0 Å². The lowest BCUT2D eigenvalue weighted by Crippen LogP contribution is -2.28. The van der Waals surface area contributed by atoms with Crippen LogP contribution >= 0.6 is 0 Å². The van der Waals surface area contributed by atoms with Gasteiger partial charge in [-0.1, -0.05) is 13.0 Å². The smallest absolute Gasteiger partial charge is 0.423 e. The van der Waals surface area contributed by atoms with Crippen LogP contribution in [0.5, 0.6) is 0 Å². The minimum absolute atomic E-state index is 0.0191. The Balaban J connectivity index is 0.000000178. The third kappa shape index (κ3) is 4.60. The number of anilines is 2. The van der Waals surface area contributed by atoms with Gasteiger partial charge in [0.25, 0.3) is 0 Å². The summed E-state index contributed by atoms with van der Waals surface area (Å²) in [4.78, 5) is 0. The standard InChI is InChI=1S/C9H12BNO2.C7H7BFNO2.CH5N/c1-2-9-7-4-3-6(11)5-8(7)10(12)13-9;9-7-2-4(10)1-6-5(7)3-12-8(6)11;1-2/h3-5,9,12H,2,11H2,1H3;1-2,11H,3,10H2;2H2,1H3. The first-order chi connectivity index (χ1) is 12.9. The number of nitrogen functional groups attached to an aromatic ring is 2. The van der Waals surface area contributed by atoms with Gasteiger partial charge in [0.15, 0.2) is 0 Å². The van der Waals surface area contributed by atoms with Crippen molar-refractivity contribution in [1.82, 2.24) is 0 Å². The van der Waals surface area contributed by atoms with Crippen molar-refractivity contribution >= 4 is 36.5 Å². The molecule has 10 heteroatoms. The van der Waals surface area contributed by atoms with E-state index in [1.54, 1.807) is 6.07 Å². The summed E-state index contributed by atoms with van der Waals surface area (Å²) < 4.78 is 23.2. The number of hydrogen-bond donors (Lipinski definition) is 5. The summed E-state index contributed by atoms with van der Waals surface area (Å²) in [5.41, 5.74) is 19.2. The SMILES string of the molecule is CCC1OB(O)c2cc(N)ccc21.CN.Nc1cc(F)c2c(c1)B(O)OC2. The highest BCUT2D eigenvalue weighted by molar-refractivity contribution is 6.62. The molecule has 7 nitrogen and oxygen atoms in total. The van der Waals surface area contributed by atoms with Crippen molar-refractivity contribution in [3.05, 3.63) is 47.3 Å². The van der Waals surface area contributed by atoms with E-state index in [0.717, 1.165) is 17.4 Å². The van der Waals surface area contributed by atoms with E-state index in [4.69, 9.17) is 20.8 Å². The molecule has 0 fully saturated rings. The molecular formula is C17H24B2FN3O4. The Kier molecular flexibility index (Phi) is 7.23. The van der Waals surface area contributed by atoms with Crippen molar-refractivity contribution in [2.24, 2.45) is 5.73 Å². The zero-order valence-corrected chi connectivity index (χ0v) is 15.4. The number of fused-ring (bicyclic) bond motifs is 2. The summed E-state index contributed by atoms with van der Waals surface area (Å²) >= 11 is 0. The second-order valence-corrected chi connectivity index (χ2v) is 6.01. The molecule has 0 bridgehead atoms. The third-order valence-corrected chi connectivity index (χ3v) is 4.29. The number of hydrogen-bond acceptors (Lipinski definition) is 7. The van der Waals surface area contributed by atoms with Crippen LogP contribution in [0.2, 0.25) is 0 Å². The summed E-state index contributed by atoms with van der Waals surface area (Å²) in [7, 11) is -0.332. The van der Waals surface area contributed by atoms with Gasteiger partial charge in [-0.25, -0.2) is 4.39 Å². The maximum absolute atomic E-state index is 13.1. The van der Waals surface area contributed by atoms with Crippen molar-refractivity contribution < 1.29 is 23.7 Å². The Labute approximate surface area is 158 Å². The minimum atomic E-state index is -1.03. The van der Waals surface area contributed by atoms with Crippen molar-refractivity contribution in [2.45, 2.75) is 26.1 Å². The molecule has 2 aliphatic heterocycles. The monoisotopic (exact) mass is 375 g/mol. The molecule has 1 atom stereocenters. The molecule has 8 N–H and O–H groups in total. The van der Waals surface area contributed by atoms with E-state index >= 15 is 0 Å². The van der Waals surface area contributed by atoms with Crippen LogP contribution in [0.1, 0.15) is 30.6 Å². The lowest BCUT2D eigenvalue weighted by molar-refractivity contribution is 0.186. The van der Waals surface area contributed by atoms with Crippen LogP contribution in [0.25, 0.3) is 0 Å². The summed E-state index contributed by atoms with van der Waals surface area (Å²) in [6, 6.07) is 8.28. The summed E-state index contributed by atoms with van der Waals surface area (Å²) in [6.45, 7) is 2.14. The number of benzene rings is 2. The zero-order chi connectivity index (χ0) is 20.1. The zero-order valence-electron chi connectivity index (χ0n) is 15.4. The van der Waals surface area contributed by atoms with Gasteiger partial charge in [0.1, 0.15) is 5.82 Å². The van der Waals surface area contributed by atoms with E-state index in [1.807, 2.05) is 19.1 Å². The highest BCUT2D eigenvalue weighted by Crippen LogP contribution is 2.26. The summed E-state index contributed by atoms with van der Waals surface area (Å²) in [5.74, 6) is -0.415. The van der Waals surface area contributed by atoms with Crippen molar-refractivity contribution in [2.75, 3.05) is 18.5 Å². The minimum Gasteiger partial charge on any atom is -0.423 e. The van der Waals surface area contributed by atoms with Crippen LogP contribution in [0.15, 0.2) is 30.3 Å². The van der Waals surface area contributed by atoms with E-state index in [0.29, 0.717) is 22.4 Å². The highest BCUT2D eigenvalue weighted by Gasteiger charge is 2.33. The van der Waals surface area contributed by atoms with Crippen molar-refractivity contribution in [3.63, 3.8) is 0 Å². The topological polar surface area (TPSA) is 137 Å². The molecule has 0 aromatic heterocycles. The molecule has 0 spiro atoms. The van der Waals surface area contributed by atoms with Crippen LogP contribution in [0, 0.1) is 5.82 Å². The van der Waals surface area contributed by atoms with Crippen LogP contribution < -0.4 is 28.1 Å². The van der Waals surface area contributed by atoms with Crippen LogP contribution in [0.4, 0.5) is 15.8 Å². The fourth-order valence-corrected chi connectivity index (χ4v) is 3.02. The predicted octanol–water partition coefficient (Wildman–Crippen LogP) is -0.362. The van der Waals surface area contributed by atoms with Crippen molar-refractivity contribution in [1.29, 1.82) is 0 Å². The predicted molar refractivity (Wildman–Crippen MR) is 106 cm³/mol. The van der Waals surface area contributed by atoms with Crippen molar-refractivity contribution in [3.8, 4) is 0 Å². The Morgan fingerprint density at radius 1 is 1.07 bits per heavy atom. The van der Waals surface area contributed by atoms with Gasteiger partial charge in [-0.05, 0) is 54.2 Å². The number of halogens is 1. The normalized spacial score (nSPS) is 16.7. The molecule has 2 heterocycles. The lowest BCUT2D eigenvalue weighted by Gasteiger charge is -2.07. The maximum Gasteiger partial charge on any atom is 0.492 e. The first kappa shape index (κ1) is 21.2. The molecule has 4 rings (SSSR count). The molecule has 27 heavy (non-hydrogen) atoms. The molecule has 2 aromatic carbocycles. The fraction of sp³-hybridized carbons (Fsp3) is 0.294. The quantitative estimate of drug-likeness (QED) is 0.339. The van der Waals surface area contributed by atoms with Gasteiger partial charge in [0.2, 0.25) is 0 Å². The molecule has 0 saturated carbocycles. The first-order valence-electron chi connectivity index (χ1n) is 8.58. The van der Waals surface area contributed by atoms with Crippen LogP contribution in [0.3, 0.4) is 0 Å². The van der Waals surface area contributed by atoms with E-state index in [2.05, 4.69) is 5.73 Å². The lowest BCUT2D eigenvalue weighted by atomic mass is 9.79. The Morgan fingerprint density at radius 3 is 2.41 bits per heavy atom. The molecule has 0 aliphatic carbocycles. The van der Waals surface area contributed by atoms with Gasteiger partial charge in [-0.2, -0.15) is 0 Å². The third-order valence-electron chi connectivity index (χ3n) is 4.29. The van der Waals surface area contributed by atoms with E-state index < -0.39 is 20.1 Å². The van der Waals surface area contributed by atoms with E-state index in [-0.39, 0.29) is 12.7 Å². The van der Waals surface area contributed by atoms with Gasteiger partial charge < -0.3 is 36.6 Å². The molecule has 0 amide bonds. The second-order valence-electron chi connectivity index (χ2n) is 6.01. The summed E-state index contributed by atoms with van der Waals surface area (Å²) in [5, 5.41) is 18.7. The molecular weight excluding hydrogens is 351 g/mol. The molecule has 2 aromatic rings. The van der Waals surface area contributed by atoms with Gasteiger partial charge >= 0.3 is 14.2 Å². The fourth-order valence-electron chi connectivity index (χ4n) is 3.02. The van der Waals surface area contributed by atoms with Gasteiger partial charge in [0, 0.05) is 16.9 Å². The van der Waals surface area contributed by atoms with Gasteiger partial charge in [0.05, 0.1) is 12.7 Å². The maximum atomic E-state index is 13.1. The Morgan fingerprint density at radius 2 is 1.74 bits per heavy atom. The average Bonchev–Trinajstić information content (AvgIpc) is 3.18. The molecule has 0 saturated heterocycles. The Hall–Kier alpha value is -2.10. The number of nitrogens with two attached hydrogens (primary N) is 3. The highest BCUT2D eigenvalue weighted by atomic mass is 19.1.